The molecule has 1 aromatic carbocycles. The fraction of sp³-hybridized carbons (Fsp3) is 0.370. The lowest BCUT2D eigenvalue weighted by molar-refractivity contribution is 0.0954. The molecular formula is C27H34BrN5O2. The number of hydrogen-bond donors (Lipinski definition) is 2. The number of rotatable bonds is 6. The standard InChI is InChI=1S/C22H27BrN2O.C5H7N3O/c1-6-11-25-19-13-18(26-5)12-15(4)20(23)21(19)24-22(25)17-9-7-16(8-10-17)14(2)3;1-6-5(9)4-7-2-3-8-4/h7-10,12-14,19H,6,11H2,1-5H3;2-3H,1H3,(H,6,9)(H,7,8). The number of aliphatic imine (C=N–C) groups is 1. The van der Waals surface area contributed by atoms with Gasteiger partial charge in [0.15, 0.2) is 5.82 Å². The molecule has 1 aliphatic heterocycles. The van der Waals surface area contributed by atoms with E-state index in [0.717, 1.165) is 45.9 Å². The summed E-state index contributed by atoms with van der Waals surface area (Å²) < 4.78 is 6.62. The first-order valence-electron chi connectivity index (χ1n) is 11.8. The van der Waals surface area contributed by atoms with Crippen LogP contribution in [-0.2, 0) is 4.74 Å². The summed E-state index contributed by atoms with van der Waals surface area (Å²) in [6, 6.07) is 8.91. The number of aromatic amines is 1. The van der Waals surface area contributed by atoms with Gasteiger partial charge in [0, 0.05) is 36.0 Å². The molecule has 186 valence electrons. The highest BCUT2D eigenvalue weighted by atomic mass is 79.9. The Bertz CT molecular complexity index is 1140. The average Bonchev–Trinajstić information content (AvgIpc) is 3.50. The van der Waals surface area contributed by atoms with Crippen LogP contribution in [0.3, 0.4) is 0 Å². The molecule has 35 heavy (non-hydrogen) atoms. The molecule has 2 heterocycles. The van der Waals surface area contributed by atoms with Gasteiger partial charge in [0.1, 0.15) is 11.6 Å². The molecule has 2 N–H and O–H groups in total. The van der Waals surface area contributed by atoms with E-state index in [1.807, 2.05) is 0 Å². The normalized spacial score (nSPS) is 17.1. The molecule has 1 amide bonds. The minimum Gasteiger partial charge on any atom is -0.497 e. The van der Waals surface area contributed by atoms with Gasteiger partial charge in [-0.25, -0.2) is 9.98 Å². The van der Waals surface area contributed by atoms with Crippen LogP contribution in [0.2, 0.25) is 0 Å². The van der Waals surface area contributed by atoms with E-state index >= 15 is 0 Å². The van der Waals surface area contributed by atoms with Gasteiger partial charge in [-0.15, -0.1) is 0 Å². The van der Waals surface area contributed by atoms with Gasteiger partial charge in [0.2, 0.25) is 0 Å². The number of carbonyl (C=O) groups excluding carboxylic acids is 1. The second-order valence-electron chi connectivity index (χ2n) is 8.67. The molecule has 0 bridgehead atoms. The molecule has 4 rings (SSSR count). The molecule has 2 aliphatic rings. The van der Waals surface area contributed by atoms with Crippen LogP contribution in [0.1, 0.15) is 61.8 Å². The summed E-state index contributed by atoms with van der Waals surface area (Å²) in [6.07, 6.45) is 8.43. The van der Waals surface area contributed by atoms with E-state index in [1.54, 1.807) is 20.4 Å². The molecular weight excluding hydrogens is 506 g/mol. The SMILES string of the molecule is CCCN1C(c2ccc(C(C)C)cc2)=NC2=C(Br)C(C)=CC(OC)=CC21.CNC(=O)c1ncc[nH]1. The topological polar surface area (TPSA) is 82.6 Å². The first kappa shape index (κ1) is 26.5. The van der Waals surface area contributed by atoms with Crippen molar-refractivity contribution in [3.8, 4) is 0 Å². The third-order valence-electron chi connectivity index (χ3n) is 5.84. The first-order valence-corrected chi connectivity index (χ1v) is 12.6. The zero-order valence-electron chi connectivity index (χ0n) is 21.2. The largest absolute Gasteiger partial charge is 0.497 e. The number of fused-ring (bicyclic) bond motifs is 1. The number of aromatic nitrogens is 2. The molecule has 0 fully saturated rings. The Morgan fingerprint density at radius 3 is 2.54 bits per heavy atom. The predicted molar refractivity (Wildman–Crippen MR) is 145 cm³/mol. The number of imidazole rings is 1. The number of ether oxygens (including phenoxy) is 1. The van der Waals surface area contributed by atoms with Crippen molar-refractivity contribution >= 4 is 27.7 Å². The Hall–Kier alpha value is -3.13. The van der Waals surface area contributed by atoms with Crippen LogP contribution in [0.15, 0.2) is 75.3 Å². The van der Waals surface area contributed by atoms with E-state index in [-0.39, 0.29) is 11.9 Å². The van der Waals surface area contributed by atoms with Crippen LogP contribution < -0.4 is 5.32 Å². The van der Waals surface area contributed by atoms with Crippen molar-refractivity contribution < 1.29 is 9.53 Å². The number of amidine groups is 1. The highest BCUT2D eigenvalue weighted by molar-refractivity contribution is 9.12. The Kier molecular flexibility index (Phi) is 9.09. The summed E-state index contributed by atoms with van der Waals surface area (Å²) in [5, 5.41) is 2.43. The van der Waals surface area contributed by atoms with Crippen LogP contribution in [0, 0.1) is 0 Å². The zero-order valence-corrected chi connectivity index (χ0v) is 22.8. The molecule has 1 atom stereocenters. The number of amides is 1. The maximum atomic E-state index is 10.7. The quantitative estimate of drug-likeness (QED) is 0.506. The van der Waals surface area contributed by atoms with Gasteiger partial charge in [-0.3, -0.25) is 4.79 Å². The van der Waals surface area contributed by atoms with Crippen molar-refractivity contribution in [3.63, 3.8) is 0 Å². The van der Waals surface area contributed by atoms with Gasteiger partial charge in [-0.1, -0.05) is 45.0 Å². The van der Waals surface area contributed by atoms with Crippen LogP contribution in [0.5, 0.6) is 0 Å². The lowest BCUT2D eigenvalue weighted by Gasteiger charge is -2.26. The van der Waals surface area contributed by atoms with Crippen molar-refractivity contribution in [1.82, 2.24) is 20.2 Å². The molecule has 8 heteroatoms. The number of nitrogens with zero attached hydrogens (tertiary/aromatic N) is 3. The molecule has 1 unspecified atom stereocenters. The Labute approximate surface area is 216 Å². The Balaban J connectivity index is 0.000000320. The van der Waals surface area contributed by atoms with Crippen LogP contribution in [0.25, 0.3) is 0 Å². The smallest absolute Gasteiger partial charge is 0.286 e. The first-order chi connectivity index (χ1) is 16.8. The summed E-state index contributed by atoms with van der Waals surface area (Å²) in [5.41, 5.74) is 4.71. The third kappa shape index (κ3) is 6.11. The van der Waals surface area contributed by atoms with E-state index in [4.69, 9.17) is 9.73 Å². The van der Waals surface area contributed by atoms with Crippen molar-refractivity contribution in [1.29, 1.82) is 0 Å². The number of benzene rings is 1. The number of hydrogen-bond acceptors (Lipinski definition) is 5. The molecule has 0 saturated heterocycles. The molecule has 1 aliphatic carbocycles. The van der Waals surface area contributed by atoms with Crippen LogP contribution >= 0.6 is 15.9 Å². The minimum atomic E-state index is -0.194. The second-order valence-corrected chi connectivity index (χ2v) is 9.46. The highest BCUT2D eigenvalue weighted by Crippen LogP contribution is 2.36. The summed E-state index contributed by atoms with van der Waals surface area (Å²) in [7, 11) is 3.28. The molecule has 0 saturated carbocycles. The van der Waals surface area contributed by atoms with Crippen molar-refractivity contribution in [2.75, 3.05) is 20.7 Å². The van der Waals surface area contributed by atoms with Gasteiger partial charge in [0.05, 0.1) is 18.8 Å². The monoisotopic (exact) mass is 539 g/mol. The molecule has 7 nitrogen and oxygen atoms in total. The van der Waals surface area contributed by atoms with E-state index in [2.05, 4.69) is 100 Å². The number of nitrogens with one attached hydrogen (secondary N) is 2. The molecule has 1 aromatic heterocycles. The van der Waals surface area contributed by atoms with Gasteiger partial charge >= 0.3 is 0 Å². The van der Waals surface area contributed by atoms with Crippen molar-refractivity contribution in [2.24, 2.45) is 4.99 Å². The lowest BCUT2D eigenvalue weighted by Crippen LogP contribution is -2.36. The van der Waals surface area contributed by atoms with Crippen LogP contribution in [0.4, 0.5) is 0 Å². The molecule has 0 radical (unpaired) electrons. The number of H-pyrrole nitrogens is 1. The van der Waals surface area contributed by atoms with E-state index in [9.17, 15) is 4.79 Å². The van der Waals surface area contributed by atoms with E-state index in [1.165, 1.54) is 11.8 Å². The Morgan fingerprint density at radius 2 is 2.00 bits per heavy atom. The maximum Gasteiger partial charge on any atom is 0.286 e. The van der Waals surface area contributed by atoms with E-state index < -0.39 is 0 Å². The zero-order chi connectivity index (χ0) is 25.5. The van der Waals surface area contributed by atoms with Crippen molar-refractivity contribution in [2.45, 2.75) is 46.1 Å². The van der Waals surface area contributed by atoms with E-state index in [0.29, 0.717) is 11.7 Å². The Morgan fingerprint density at radius 1 is 1.29 bits per heavy atom. The second kappa shape index (κ2) is 12.0. The lowest BCUT2D eigenvalue weighted by atomic mass is 10.0. The predicted octanol–water partition coefficient (Wildman–Crippen LogP) is 5.52. The number of allylic oxidation sites excluding steroid dienone is 3. The van der Waals surface area contributed by atoms with Crippen LogP contribution in [-0.4, -0.2) is 53.4 Å². The molecule has 0 spiro atoms. The summed E-state index contributed by atoms with van der Waals surface area (Å²) in [6.45, 7) is 9.68. The van der Waals surface area contributed by atoms with Gasteiger partial charge in [0.25, 0.3) is 5.91 Å². The van der Waals surface area contributed by atoms with Gasteiger partial charge < -0.3 is 19.9 Å². The number of halogens is 1. The van der Waals surface area contributed by atoms with Gasteiger partial charge in [-0.05, 0) is 58.5 Å². The number of carbonyl (C=O) groups is 1. The fourth-order valence-electron chi connectivity index (χ4n) is 3.92. The molecule has 2 aromatic rings. The fourth-order valence-corrected chi connectivity index (χ4v) is 4.36. The summed E-state index contributed by atoms with van der Waals surface area (Å²) in [5.74, 6) is 2.61. The summed E-state index contributed by atoms with van der Waals surface area (Å²) in [4.78, 5) is 24.5. The third-order valence-corrected chi connectivity index (χ3v) is 6.87. The maximum absolute atomic E-state index is 10.7. The van der Waals surface area contributed by atoms with Crippen molar-refractivity contribution in [3.05, 3.63) is 87.3 Å². The van der Waals surface area contributed by atoms with Gasteiger partial charge in [-0.2, -0.15) is 0 Å². The minimum absolute atomic E-state index is 0.0905. The number of methoxy groups -OCH3 is 1. The highest BCUT2D eigenvalue weighted by Gasteiger charge is 2.34. The summed E-state index contributed by atoms with van der Waals surface area (Å²) >= 11 is 3.77. The average molecular weight is 541 g/mol.